The molecule has 0 radical (unpaired) electrons. The van der Waals surface area contributed by atoms with Crippen molar-refractivity contribution < 1.29 is 24.0 Å². The van der Waals surface area contributed by atoms with Crippen LogP contribution in [0.3, 0.4) is 0 Å². The summed E-state index contributed by atoms with van der Waals surface area (Å²) in [6.45, 7) is 7.64. The summed E-state index contributed by atoms with van der Waals surface area (Å²) in [7, 11) is 0. The number of anilines is 1. The van der Waals surface area contributed by atoms with Crippen molar-refractivity contribution in [3.05, 3.63) is 71.6 Å². The van der Waals surface area contributed by atoms with E-state index < -0.39 is 29.3 Å². The van der Waals surface area contributed by atoms with Crippen LogP contribution < -0.4 is 10.6 Å². The van der Waals surface area contributed by atoms with Crippen molar-refractivity contribution in [2.45, 2.75) is 65.5 Å². The third-order valence-corrected chi connectivity index (χ3v) is 7.41. The summed E-state index contributed by atoms with van der Waals surface area (Å²) >= 11 is 1.29. The Morgan fingerprint density at radius 3 is 2.49 bits per heavy atom. The maximum atomic E-state index is 13.9. The lowest BCUT2D eigenvalue weighted by molar-refractivity contribution is -0.169. The summed E-state index contributed by atoms with van der Waals surface area (Å²) in [5.74, 6) is -1.50. The normalized spacial score (nSPS) is 14.6. The Kier molecular flexibility index (Phi) is 10.8. The summed E-state index contributed by atoms with van der Waals surface area (Å²) < 4.78 is 5.16. The number of hydroxylamine groups is 2. The molecule has 4 atom stereocenters. The van der Waals surface area contributed by atoms with E-state index >= 15 is 0 Å². The highest BCUT2D eigenvalue weighted by atomic mass is 32.1. The summed E-state index contributed by atoms with van der Waals surface area (Å²) in [6, 6.07) is 10.1. The fourth-order valence-corrected chi connectivity index (χ4v) is 5.24. The van der Waals surface area contributed by atoms with Crippen LogP contribution in [0.5, 0.6) is 0 Å². The molecule has 0 aliphatic heterocycles. The van der Waals surface area contributed by atoms with Gasteiger partial charge in [0.15, 0.2) is 5.13 Å². The first-order chi connectivity index (χ1) is 18.6. The van der Waals surface area contributed by atoms with E-state index in [9.17, 15) is 19.6 Å². The van der Waals surface area contributed by atoms with Crippen molar-refractivity contribution >= 4 is 34.7 Å². The van der Waals surface area contributed by atoms with Crippen molar-refractivity contribution in [1.29, 1.82) is 0 Å². The van der Waals surface area contributed by atoms with Gasteiger partial charge in [0.2, 0.25) is 18.2 Å². The van der Waals surface area contributed by atoms with Crippen LogP contribution in [-0.2, 0) is 27.2 Å². The molecule has 0 aliphatic carbocycles. The third kappa shape index (κ3) is 9.04. The Bertz CT molecular complexity index is 1160. The lowest BCUT2D eigenvalue weighted by atomic mass is 9.82. The van der Waals surface area contributed by atoms with E-state index in [-0.39, 0.29) is 11.8 Å². The Labute approximate surface area is 233 Å². The molecule has 0 spiro atoms. The van der Waals surface area contributed by atoms with Gasteiger partial charge in [-0.1, -0.05) is 58.0 Å². The zero-order valence-corrected chi connectivity index (χ0v) is 23.7. The predicted octanol–water partition coefficient (Wildman–Crippen LogP) is 4.94. The lowest BCUT2D eigenvalue weighted by Crippen LogP contribution is -2.55. The molecule has 0 aliphatic rings. The van der Waals surface area contributed by atoms with Crippen molar-refractivity contribution in [3.63, 3.8) is 0 Å². The van der Waals surface area contributed by atoms with E-state index in [0.717, 1.165) is 17.5 Å². The van der Waals surface area contributed by atoms with E-state index in [1.54, 1.807) is 24.1 Å². The highest BCUT2D eigenvalue weighted by Crippen LogP contribution is 2.28. The third-order valence-electron chi connectivity index (χ3n) is 6.72. The van der Waals surface area contributed by atoms with Crippen LogP contribution in [0.4, 0.5) is 5.13 Å². The van der Waals surface area contributed by atoms with E-state index in [1.165, 1.54) is 11.3 Å². The van der Waals surface area contributed by atoms with Gasteiger partial charge in [-0.25, -0.2) is 10.0 Å². The molecule has 9 nitrogen and oxygen atoms in total. The minimum atomic E-state index is -0.876. The van der Waals surface area contributed by atoms with Gasteiger partial charge in [0.25, 0.3) is 0 Å². The van der Waals surface area contributed by atoms with E-state index in [1.807, 2.05) is 64.1 Å². The number of aromatic nitrogens is 1. The molecule has 0 fully saturated rings. The van der Waals surface area contributed by atoms with Crippen LogP contribution in [0.1, 0.15) is 51.7 Å². The lowest BCUT2D eigenvalue weighted by Gasteiger charge is -2.35. The van der Waals surface area contributed by atoms with Crippen molar-refractivity contribution in [1.82, 2.24) is 15.4 Å². The molecule has 3 rings (SSSR count). The number of rotatable bonds is 14. The van der Waals surface area contributed by atoms with E-state index in [0.29, 0.717) is 35.9 Å². The van der Waals surface area contributed by atoms with Gasteiger partial charge in [-0.05, 0) is 54.2 Å². The average molecular weight is 555 g/mol. The standard InChI is InChI=1S/C29H38N4O5S/c1-20(16-21-8-6-5-7-9-21)17-23(24(33(37)19-34)11-10-22-12-14-38-18-22)26(35)31-25(29(2,3)4)27(36)32-28-30-13-15-39-28/h5-9,12-15,18-20,23-25,37H,10-11,16-17H2,1-4H3,(H,31,35)(H,30,32,36)/t20?,23-,24-,25-/m1/s1. The smallest absolute Gasteiger partial charge is 0.249 e. The monoisotopic (exact) mass is 554 g/mol. The second kappa shape index (κ2) is 14.0. The van der Waals surface area contributed by atoms with Crippen LogP contribution in [0.2, 0.25) is 0 Å². The zero-order chi connectivity index (χ0) is 28.4. The first-order valence-corrected chi connectivity index (χ1v) is 13.9. The molecule has 0 saturated carbocycles. The fourth-order valence-electron chi connectivity index (χ4n) is 4.70. The van der Waals surface area contributed by atoms with Crippen LogP contribution in [0.15, 0.2) is 64.9 Å². The molecule has 0 bridgehead atoms. The molecular weight excluding hydrogens is 516 g/mol. The molecule has 210 valence electrons. The number of aryl methyl sites for hydroxylation is 1. The van der Waals surface area contributed by atoms with Gasteiger partial charge >= 0.3 is 0 Å². The molecular formula is C29H38N4O5S. The van der Waals surface area contributed by atoms with Gasteiger partial charge in [-0.15, -0.1) is 11.3 Å². The predicted molar refractivity (Wildman–Crippen MR) is 150 cm³/mol. The first-order valence-electron chi connectivity index (χ1n) is 13.1. The number of benzene rings is 1. The van der Waals surface area contributed by atoms with Crippen LogP contribution in [0, 0.1) is 17.3 Å². The average Bonchev–Trinajstić information content (AvgIpc) is 3.60. The molecule has 3 N–H and O–H groups in total. The van der Waals surface area contributed by atoms with Crippen molar-refractivity contribution in [2.24, 2.45) is 17.3 Å². The maximum absolute atomic E-state index is 13.9. The van der Waals surface area contributed by atoms with Gasteiger partial charge in [0, 0.05) is 11.6 Å². The molecule has 2 aromatic heterocycles. The summed E-state index contributed by atoms with van der Waals surface area (Å²) in [6.07, 6.45) is 7.03. The Hall–Kier alpha value is -3.50. The second-order valence-electron chi connectivity index (χ2n) is 11.0. The largest absolute Gasteiger partial charge is 0.472 e. The van der Waals surface area contributed by atoms with Crippen molar-refractivity contribution in [3.8, 4) is 0 Å². The number of thiazole rings is 1. The highest BCUT2D eigenvalue weighted by Gasteiger charge is 2.39. The summed E-state index contributed by atoms with van der Waals surface area (Å²) in [5.41, 5.74) is 1.41. The molecule has 2 heterocycles. The fraction of sp³-hybridized carbons (Fsp3) is 0.448. The first kappa shape index (κ1) is 30.0. The maximum Gasteiger partial charge on any atom is 0.249 e. The summed E-state index contributed by atoms with van der Waals surface area (Å²) in [5, 5.41) is 19.1. The SMILES string of the molecule is CC(Cc1ccccc1)C[C@@H](C(=O)N[C@H](C(=O)Nc1nccs1)C(C)(C)C)[C@@H](CCc1ccoc1)N(O)C=O. The number of nitrogens with zero attached hydrogens (tertiary/aromatic N) is 2. The number of hydrogen-bond acceptors (Lipinski definition) is 7. The van der Waals surface area contributed by atoms with Gasteiger partial charge < -0.3 is 15.1 Å². The molecule has 10 heteroatoms. The van der Waals surface area contributed by atoms with Gasteiger partial charge in [-0.3, -0.25) is 19.6 Å². The number of nitrogens with one attached hydrogen (secondary N) is 2. The van der Waals surface area contributed by atoms with Crippen LogP contribution >= 0.6 is 11.3 Å². The van der Waals surface area contributed by atoms with Gasteiger partial charge in [0.05, 0.1) is 24.5 Å². The molecule has 3 aromatic rings. The Morgan fingerprint density at radius 1 is 1.15 bits per heavy atom. The molecule has 1 unspecified atom stereocenters. The number of carbonyl (C=O) groups is 3. The molecule has 39 heavy (non-hydrogen) atoms. The highest BCUT2D eigenvalue weighted by molar-refractivity contribution is 7.13. The summed E-state index contributed by atoms with van der Waals surface area (Å²) in [4.78, 5) is 43.0. The quantitative estimate of drug-likeness (QED) is 0.147. The number of furan rings is 1. The van der Waals surface area contributed by atoms with Crippen LogP contribution in [0.25, 0.3) is 0 Å². The number of carbonyl (C=O) groups excluding carboxylic acids is 3. The van der Waals surface area contributed by atoms with E-state index in [2.05, 4.69) is 15.6 Å². The molecule has 1 aromatic carbocycles. The van der Waals surface area contributed by atoms with Crippen LogP contribution in [-0.4, -0.2) is 45.6 Å². The minimum absolute atomic E-state index is 0.0526. The molecule has 0 saturated heterocycles. The Balaban J connectivity index is 1.86. The van der Waals surface area contributed by atoms with Gasteiger partial charge in [-0.2, -0.15) is 0 Å². The van der Waals surface area contributed by atoms with E-state index in [4.69, 9.17) is 4.42 Å². The number of hydrogen-bond donors (Lipinski definition) is 3. The second-order valence-corrected chi connectivity index (χ2v) is 11.9. The Morgan fingerprint density at radius 2 is 1.90 bits per heavy atom. The van der Waals surface area contributed by atoms with Gasteiger partial charge in [0.1, 0.15) is 6.04 Å². The molecule has 3 amide bonds. The topological polar surface area (TPSA) is 125 Å². The minimum Gasteiger partial charge on any atom is -0.472 e. The van der Waals surface area contributed by atoms with Crippen molar-refractivity contribution in [2.75, 3.05) is 5.32 Å². The number of amides is 3. The zero-order valence-electron chi connectivity index (χ0n) is 22.9.